The summed E-state index contributed by atoms with van der Waals surface area (Å²) in [4.78, 5) is 0.125. The first-order chi connectivity index (χ1) is 8.93. The lowest BCUT2D eigenvalue weighted by Crippen LogP contribution is -2.30. The van der Waals surface area contributed by atoms with Crippen molar-refractivity contribution in [2.24, 2.45) is 0 Å². The fraction of sp³-hybridized carbons (Fsp3) is 0.500. The van der Waals surface area contributed by atoms with Crippen molar-refractivity contribution in [1.29, 1.82) is 0 Å². The van der Waals surface area contributed by atoms with E-state index in [4.69, 9.17) is 16.3 Å². The Hall–Kier alpha value is -0.660. The summed E-state index contributed by atoms with van der Waals surface area (Å²) in [5, 5.41) is 3.20. The van der Waals surface area contributed by atoms with E-state index < -0.39 is 10.0 Å². The maximum absolute atomic E-state index is 12.4. The average molecular weight is 307 g/mol. The number of hydrogen-bond donors (Lipinski definition) is 1. The largest absolute Gasteiger partial charge is 0.383 e. The molecule has 0 saturated carbocycles. The minimum absolute atomic E-state index is 0.125. The molecular weight excluding hydrogens is 288 g/mol. The van der Waals surface area contributed by atoms with Crippen LogP contribution in [0.1, 0.15) is 5.56 Å². The summed E-state index contributed by atoms with van der Waals surface area (Å²) in [6.07, 6.45) is 0. The zero-order valence-corrected chi connectivity index (χ0v) is 12.9. The summed E-state index contributed by atoms with van der Waals surface area (Å²) in [6, 6.07) is 5.00. The molecule has 0 radical (unpaired) electrons. The van der Waals surface area contributed by atoms with Crippen LogP contribution in [0.5, 0.6) is 0 Å². The molecule has 1 N–H and O–H groups in total. The van der Waals surface area contributed by atoms with Crippen LogP contribution in [0.2, 0.25) is 5.02 Å². The van der Waals surface area contributed by atoms with Crippen molar-refractivity contribution in [1.82, 2.24) is 9.62 Å². The molecule has 0 unspecified atom stereocenters. The van der Waals surface area contributed by atoms with Gasteiger partial charge in [0.15, 0.2) is 0 Å². The monoisotopic (exact) mass is 306 g/mol. The molecule has 0 aliphatic rings. The predicted molar refractivity (Wildman–Crippen MR) is 75.9 cm³/mol. The van der Waals surface area contributed by atoms with Gasteiger partial charge < -0.3 is 10.1 Å². The highest BCUT2D eigenvalue weighted by molar-refractivity contribution is 7.89. The molecule has 0 atom stereocenters. The number of halogens is 1. The minimum Gasteiger partial charge on any atom is -0.383 e. The van der Waals surface area contributed by atoms with Crippen LogP contribution >= 0.6 is 11.6 Å². The third-order valence-electron chi connectivity index (χ3n) is 2.68. The Labute approximate surface area is 119 Å². The van der Waals surface area contributed by atoms with Gasteiger partial charge in [-0.25, -0.2) is 8.42 Å². The number of rotatable bonds is 7. The lowest BCUT2D eigenvalue weighted by Gasteiger charge is -2.18. The smallest absolute Gasteiger partial charge is 0.244 e. The second kappa shape index (κ2) is 7.21. The van der Waals surface area contributed by atoms with Gasteiger partial charge in [0.1, 0.15) is 4.90 Å². The molecule has 0 heterocycles. The molecule has 1 aromatic rings. The summed E-state index contributed by atoms with van der Waals surface area (Å²) in [5.74, 6) is 0. The molecule has 7 heteroatoms. The first-order valence-corrected chi connectivity index (χ1v) is 7.63. The molecule has 5 nitrogen and oxygen atoms in total. The molecule has 0 fully saturated rings. The van der Waals surface area contributed by atoms with Gasteiger partial charge >= 0.3 is 0 Å². The lowest BCUT2D eigenvalue weighted by molar-refractivity contribution is 0.185. The number of hydrogen-bond acceptors (Lipinski definition) is 4. The second-order valence-corrected chi connectivity index (χ2v) is 6.53. The van der Waals surface area contributed by atoms with Gasteiger partial charge in [-0.1, -0.05) is 17.7 Å². The van der Waals surface area contributed by atoms with Crippen LogP contribution in [0, 0.1) is 0 Å². The highest BCUT2D eigenvalue weighted by Gasteiger charge is 2.23. The van der Waals surface area contributed by atoms with Crippen LogP contribution in [-0.4, -0.2) is 47.1 Å². The minimum atomic E-state index is -3.59. The van der Waals surface area contributed by atoms with Crippen molar-refractivity contribution in [2.45, 2.75) is 11.4 Å². The third kappa shape index (κ3) is 4.15. The Morgan fingerprint density at radius 3 is 2.68 bits per heavy atom. The van der Waals surface area contributed by atoms with Crippen molar-refractivity contribution in [3.8, 4) is 0 Å². The van der Waals surface area contributed by atoms with Gasteiger partial charge in [0.25, 0.3) is 0 Å². The molecule has 0 spiro atoms. The van der Waals surface area contributed by atoms with E-state index in [1.54, 1.807) is 25.2 Å². The van der Waals surface area contributed by atoms with Gasteiger partial charge in [-0.2, -0.15) is 4.31 Å². The molecule has 1 rings (SSSR count). The summed E-state index contributed by atoms with van der Waals surface area (Å²) < 4.78 is 30.9. The highest BCUT2D eigenvalue weighted by Crippen LogP contribution is 2.25. The summed E-state index contributed by atoms with van der Waals surface area (Å²) in [7, 11) is 1.25. The second-order valence-electron chi connectivity index (χ2n) is 4.11. The van der Waals surface area contributed by atoms with Gasteiger partial charge in [0.2, 0.25) is 10.0 Å². The van der Waals surface area contributed by atoms with Gasteiger partial charge in [-0.3, -0.25) is 0 Å². The topological polar surface area (TPSA) is 58.6 Å². The Bertz CT molecular complexity index is 520. The molecular formula is C12H19ClN2O3S. The van der Waals surface area contributed by atoms with Crippen LogP contribution in [-0.2, 0) is 21.3 Å². The number of benzene rings is 1. The normalized spacial score (nSPS) is 12.1. The molecule has 108 valence electrons. The van der Waals surface area contributed by atoms with E-state index in [9.17, 15) is 8.42 Å². The van der Waals surface area contributed by atoms with E-state index in [1.807, 2.05) is 0 Å². The fourth-order valence-corrected chi connectivity index (χ4v) is 3.24. The average Bonchev–Trinajstić information content (AvgIpc) is 2.38. The van der Waals surface area contributed by atoms with E-state index in [2.05, 4.69) is 5.32 Å². The Kier molecular flexibility index (Phi) is 6.22. The maximum Gasteiger partial charge on any atom is 0.244 e. The van der Waals surface area contributed by atoms with Crippen LogP contribution in [0.3, 0.4) is 0 Å². The SMILES string of the molecule is CNCc1ccc(Cl)c(S(=O)(=O)N(C)CCOC)c1. The fourth-order valence-electron chi connectivity index (χ4n) is 1.57. The molecule has 0 bridgehead atoms. The predicted octanol–water partition coefficient (Wildman–Crippen LogP) is 1.33. The molecule has 0 aromatic heterocycles. The van der Waals surface area contributed by atoms with E-state index in [1.165, 1.54) is 18.5 Å². The number of ether oxygens (including phenoxy) is 1. The third-order valence-corrected chi connectivity index (χ3v) is 5.01. The molecule has 1 aromatic carbocycles. The zero-order valence-electron chi connectivity index (χ0n) is 11.3. The quantitative estimate of drug-likeness (QED) is 0.825. The van der Waals surface area contributed by atoms with Crippen molar-refractivity contribution < 1.29 is 13.2 Å². The lowest BCUT2D eigenvalue weighted by atomic mass is 10.2. The van der Waals surface area contributed by atoms with Crippen LogP contribution < -0.4 is 5.32 Å². The summed E-state index contributed by atoms with van der Waals surface area (Å²) >= 11 is 6.00. The first kappa shape index (κ1) is 16.4. The summed E-state index contributed by atoms with van der Waals surface area (Å²) in [6.45, 7) is 1.20. The molecule has 0 aliphatic heterocycles. The molecule has 0 saturated heterocycles. The number of nitrogens with zero attached hydrogens (tertiary/aromatic N) is 1. The zero-order chi connectivity index (χ0) is 14.5. The van der Waals surface area contributed by atoms with Crippen molar-refractivity contribution in [3.63, 3.8) is 0 Å². The van der Waals surface area contributed by atoms with Crippen molar-refractivity contribution in [3.05, 3.63) is 28.8 Å². The maximum atomic E-state index is 12.4. The van der Waals surface area contributed by atoms with Crippen LogP contribution in [0.25, 0.3) is 0 Å². The Morgan fingerprint density at radius 1 is 1.42 bits per heavy atom. The molecule has 19 heavy (non-hydrogen) atoms. The van der Waals surface area contributed by atoms with E-state index in [-0.39, 0.29) is 16.5 Å². The number of nitrogens with one attached hydrogen (secondary N) is 1. The van der Waals surface area contributed by atoms with Crippen LogP contribution in [0.15, 0.2) is 23.1 Å². The van der Waals surface area contributed by atoms with Gasteiger partial charge in [-0.05, 0) is 24.7 Å². The molecule has 0 amide bonds. The Morgan fingerprint density at radius 2 is 2.11 bits per heavy atom. The highest BCUT2D eigenvalue weighted by atomic mass is 35.5. The molecule has 0 aliphatic carbocycles. The van der Waals surface area contributed by atoms with Crippen LogP contribution in [0.4, 0.5) is 0 Å². The summed E-state index contributed by atoms with van der Waals surface area (Å²) in [5.41, 5.74) is 0.866. The van der Waals surface area contributed by atoms with Gasteiger partial charge in [-0.15, -0.1) is 0 Å². The van der Waals surface area contributed by atoms with E-state index in [0.29, 0.717) is 13.2 Å². The van der Waals surface area contributed by atoms with E-state index >= 15 is 0 Å². The number of methoxy groups -OCH3 is 1. The van der Waals surface area contributed by atoms with Gasteiger partial charge in [0, 0.05) is 27.2 Å². The first-order valence-electron chi connectivity index (χ1n) is 5.81. The number of likely N-dealkylation sites (N-methyl/N-ethyl adjacent to an activating group) is 1. The van der Waals surface area contributed by atoms with Crippen molar-refractivity contribution in [2.75, 3.05) is 34.4 Å². The van der Waals surface area contributed by atoms with E-state index in [0.717, 1.165) is 5.56 Å². The van der Waals surface area contributed by atoms with Crippen molar-refractivity contribution >= 4 is 21.6 Å². The van der Waals surface area contributed by atoms with Gasteiger partial charge in [0.05, 0.1) is 11.6 Å². The standard InChI is InChI=1S/C12H19ClN2O3S/c1-14-9-10-4-5-11(13)12(8-10)19(16,17)15(2)6-7-18-3/h4-5,8,14H,6-7,9H2,1-3H3. The number of sulfonamides is 1. The Balaban J connectivity index is 3.09.